The van der Waals surface area contributed by atoms with Crippen LogP contribution in [-0.2, 0) is 10.0 Å². The van der Waals surface area contributed by atoms with Crippen LogP contribution in [0.3, 0.4) is 0 Å². The van der Waals surface area contributed by atoms with Crippen LogP contribution >= 0.6 is 27.3 Å². The van der Waals surface area contributed by atoms with Crippen molar-refractivity contribution in [1.29, 1.82) is 0 Å². The summed E-state index contributed by atoms with van der Waals surface area (Å²) in [5, 5.41) is 0.634. The Kier molecular flexibility index (Phi) is 4.62. The van der Waals surface area contributed by atoms with Crippen molar-refractivity contribution in [1.82, 2.24) is 0 Å². The zero-order valence-electron chi connectivity index (χ0n) is 12.4. The molecule has 0 aliphatic carbocycles. The summed E-state index contributed by atoms with van der Waals surface area (Å²) in [6, 6.07) is 13.2. The summed E-state index contributed by atoms with van der Waals surface area (Å²) < 4.78 is 33.7. The van der Waals surface area contributed by atoms with Gasteiger partial charge in [-0.25, -0.2) is 8.42 Å². The van der Waals surface area contributed by atoms with Crippen molar-refractivity contribution in [3.05, 3.63) is 62.5 Å². The maximum Gasteiger partial charge on any atom is 0.266 e. The lowest BCUT2D eigenvalue weighted by molar-refractivity contribution is 0.415. The normalized spacial score (nSPS) is 11.4. The highest BCUT2D eigenvalue weighted by Crippen LogP contribution is 2.25. The fourth-order valence-corrected chi connectivity index (χ4v) is 4.63. The van der Waals surface area contributed by atoms with E-state index in [-0.39, 0.29) is 4.90 Å². The Morgan fingerprint density at radius 3 is 2.46 bits per heavy atom. The Balaban J connectivity index is 2.07. The van der Waals surface area contributed by atoms with Crippen molar-refractivity contribution in [2.24, 2.45) is 0 Å². The fourth-order valence-electron chi connectivity index (χ4n) is 2.12. The number of rotatable bonds is 4. The Morgan fingerprint density at radius 1 is 1.08 bits per heavy atom. The molecule has 24 heavy (non-hydrogen) atoms. The standard InChI is InChI=1S/C16H12BrNO4S2/c1-22-13-6-7-14-10(8-13)9-15(16(19)23-14)24(20,21)18-12-4-2-11(17)3-5-12/h2-9,18H,1H3. The minimum atomic E-state index is -3.98. The van der Waals surface area contributed by atoms with Gasteiger partial charge < -0.3 is 4.74 Å². The number of fused-ring (bicyclic) bond motifs is 1. The van der Waals surface area contributed by atoms with Crippen LogP contribution in [0.15, 0.2) is 62.7 Å². The molecular formula is C16H12BrNO4S2. The molecule has 3 aromatic rings. The van der Waals surface area contributed by atoms with E-state index in [4.69, 9.17) is 4.74 Å². The van der Waals surface area contributed by atoms with Gasteiger partial charge in [0.05, 0.1) is 7.11 Å². The summed E-state index contributed by atoms with van der Waals surface area (Å²) >= 11 is 4.17. The van der Waals surface area contributed by atoms with Crippen LogP contribution in [0, 0.1) is 0 Å². The molecule has 3 rings (SSSR count). The Hall–Kier alpha value is -1.90. The first kappa shape index (κ1) is 16.9. The van der Waals surface area contributed by atoms with E-state index in [1.807, 2.05) is 0 Å². The average molecular weight is 426 g/mol. The van der Waals surface area contributed by atoms with Crippen molar-refractivity contribution in [3.63, 3.8) is 0 Å². The Morgan fingerprint density at radius 2 is 1.79 bits per heavy atom. The second kappa shape index (κ2) is 6.54. The van der Waals surface area contributed by atoms with E-state index in [2.05, 4.69) is 20.7 Å². The highest BCUT2D eigenvalue weighted by molar-refractivity contribution is 9.10. The van der Waals surface area contributed by atoms with Gasteiger partial charge in [0.2, 0.25) is 0 Å². The molecule has 0 unspecified atom stereocenters. The van der Waals surface area contributed by atoms with Gasteiger partial charge in [-0.2, -0.15) is 0 Å². The smallest absolute Gasteiger partial charge is 0.266 e. The first-order valence-electron chi connectivity index (χ1n) is 6.79. The minimum Gasteiger partial charge on any atom is -0.497 e. The largest absolute Gasteiger partial charge is 0.497 e. The van der Waals surface area contributed by atoms with Crippen LogP contribution in [0.5, 0.6) is 5.75 Å². The molecule has 0 spiro atoms. The molecule has 8 heteroatoms. The van der Waals surface area contributed by atoms with E-state index in [0.717, 1.165) is 15.8 Å². The molecule has 0 aliphatic heterocycles. The van der Waals surface area contributed by atoms with Gasteiger partial charge in [0, 0.05) is 14.9 Å². The fraction of sp³-hybridized carbons (Fsp3) is 0.0625. The quantitative estimate of drug-likeness (QED) is 0.688. The lowest BCUT2D eigenvalue weighted by Gasteiger charge is -2.08. The van der Waals surface area contributed by atoms with Gasteiger partial charge >= 0.3 is 0 Å². The molecule has 0 bridgehead atoms. The molecule has 1 aromatic heterocycles. The minimum absolute atomic E-state index is 0.281. The van der Waals surface area contributed by atoms with Gasteiger partial charge in [-0.3, -0.25) is 9.52 Å². The summed E-state index contributed by atoms with van der Waals surface area (Å²) in [5.41, 5.74) is 0.383. The summed E-state index contributed by atoms with van der Waals surface area (Å²) in [7, 11) is -2.45. The van der Waals surface area contributed by atoms with Gasteiger partial charge in [0.25, 0.3) is 14.8 Å². The molecular weight excluding hydrogens is 414 g/mol. The number of hydrogen-bond acceptors (Lipinski definition) is 5. The Bertz CT molecular complexity index is 1060. The monoisotopic (exact) mass is 425 g/mol. The number of nitrogens with one attached hydrogen (secondary N) is 1. The van der Waals surface area contributed by atoms with Crippen LogP contribution in [0.25, 0.3) is 10.1 Å². The molecule has 1 N–H and O–H groups in total. The van der Waals surface area contributed by atoms with Crippen molar-refractivity contribution < 1.29 is 13.2 Å². The number of anilines is 1. The zero-order valence-corrected chi connectivity index (χ0v) is 15.7. The zero-order chi connectivity index (χ0) is 17.3. The molecule has 0 saturated carbocycles. The number of methoxy groups -OCH3 is 1. The van der Waals surface area contributed by atoms with Gasteiger partial charge in [-0.05, 0) is 53.9 Å². The summed E-state index contributed by atoms with van der Waals surface area (Å²) in [4.78, 5) is 12.0. The third-order valence-corrected chi connectivity index (χ3v) is 6.33. The van der Waals surface area contributed by atoms with E-state index in [1.54, 1.807) is 42.5 Å². The van der Waals surface area contributed by atoms with Crippen molar-refractivity contribution in [3.8, 4) is 5.75 Å². The van der Waals surface area contributed by atoms with Crippen LogP contribution in [0.2, 0.25) is 0 Å². The highest BCUT2D eigenvalue weighted by Gasteiger charge is 2.19. The van der Waals surface area contributed by atoms with E-state index >= 15 is 0 Å². The lowest BCUT2D eigenvalue weighted by atomic mass is 10.2. The number of sulfonamides is 1. The molecule has 0 radical (unpaired) electrons. The van der Waals surface area contributed by atoms with E-state index in [1.165, 1.54) is 13.2 Å². The predicted molar refractivity (Wildman–Crippen MR) is 99.6 cm³/mol. The summed E-state index contributed by atoms with van der Waals surface area (Å²) in [6.45, 7) is 0. The van der Waals surface area contributed by atoms with Gasteiger partial charge in [0.1, 0.15) is 10.6 Å². The Labute approximate surface area is 151 Å². The molecule has 0 atom stereocenters. The molecule has 5 nitrogen and oxygen atoms in total. The van der Waals surface area contributed by atoms with Gasteiger partial charge in [-0.1, -0.05) is 27.3 Å². The lowest BCUT2D eigenvalue weighted by Crippen LogP contribution is -2.19. The SMILES string of the molecule is COc1ccc2sc(=O)c(S(=O)(=O)Nc3ccc(Br)cc3)cc2c1. The number of hydrogen-bond donors (Lipinski definition) is 1. The third-order valence-electron chi connectivity index (χ3n) is 3.29. The van der Waals surface area contributed by atoms with Crippen LogP contribution in [0.4, 0.5) is 5.69 Å². The molecule has 0 saturated heterocycles. The number of benzene rings is 2. The molecule has 0 amide bonds. The first-order chi connectivity index (χ1) is 11.4. The van der Waals surface area contributed by atoms with Crippen molar-refractivity contribution in [2.75, 3.05) is 11.8 Å². The highest BCUT2D eigenvalue weighted by atomic mass is 79.9. The van der Waals surface area contributed by atoms with E-state index in [9.17, 15) is 13.2 Å². The van der Waals surface area contributed by atoms with Crippen LogP contribution in [0.1, 0.15) is 0 Å². The number of ether oxygens (including phenoxy) is 1. The predicted octanol–water partition coefficient (Wildman–Crippen LogP) is 3.83. The average Bonchev–Trinajstić information content (AvgIpc) is 2.55. The van der Waals surface area contributed by atoms with E-state index in [0.29, 0.717) is 21.5 Å². The molecule has 124 valence electrons. The van der Waals surface area contributed by atoms with Crippen molar-refractivity contribution >= 4 is 53.1 Å². The second-order valence-electron chi connectivity index (χ2n) is 4.91. The summed E-state index contributed by atoms with van der Waals surface area (Å²) in [6.07, 6.45) is 0. The molecule has 1 heterocycles. The van der Waals surface area contributed by atoms with Gasteiger partial charge in [-0.15, -0.1) is 0 Å². The third kappa shape index (κ3) is 3.45. The van der Waals surface area contributed by atoms with Crippen LogP contribution in [-0.4, -0.2) is 15.5 Å². The summed E-state index contributed by atoms with van der Waals surface area (Å²) in [5.74, 6) is 0.595. The number of halogens is 1. The van der Waals surface area contributed by atoms with E-state index < -0.39 is 14.8 Å². The molecule has 2 aromatic carbocycles. The van der Waals surface area contributed by atoms with Gasteiger partial charge in [0.15, 0.2) is 0 Å². The van der Waals surface area contributed by atoms with Crippen molar-refractivity contribution in [2.45, 2.75) is 4.90 Å². The second-order valence-corrected chi connectivity index (χ2v) is 8.50. The maximum atomic E-state index is 12.6. The maximum absolute atomic E-state index is 12.6. The topological polar surface area (TPSA) is 72.5 Å². The van der Waals surface area contributed by atoms with Crippen LogP contribution < -0.4 is 14.2 Å². The molecule has 0 fully saturated rings. The first-order valence-corrected chi connectivity index (χ1v) is 9.88. The molecule has 0 aliphatic rings.